The standard InChI is InChI=1S/C17H16ClNO3/c1-19(2)9-13-14(21-3)7-6-12-16(20)11-5-4-10(18)8-15(11)22-17(12)13/h4-8H,9H2,1-3H3. The summed E-state index contributed by atoms with van der Waals surface area (Å²) in [6.45, 7) is 0.607. The van der Waals surface area contributed by atoms with Gasteiger partial charge in [-0.15, -0.1) is 0 Å². The molecule has 0 aliphatic carbocycles. The van der Waals surface area contributed by atoms with Crippen molar-refractivity contribution in [3.63, 3.8) is 0 Å². The number of benzene rings is 2. The lowest BCUT2D eigenvalue weighted by Crippen LogP contribution is -2.13. The Morgan fingerprint density at radius 3 is 2.59 bits per heavy atom. The molecule has 4 nitrogen and oxygen atoms in total. The van der Waals surface area contributed by atoms with Crippen molar-refractivity contribution < 1.29 is 9.15 Å². The van der Waals surface area contributed by atoms with E-state index < -0.39 is 0 Å². The number of nitrogens with zero attached hydrogens (tertiary/aromatic N) is 1. The highest BCUT2D eigenvalue weighted by Gasteiger charge is 2.16. The minimum absolute atomic E-state index is 0.0597. The van der Waals surface area contributed by atoms with Crippen LogP contribution >= 0.6 is 11.6 Å². The third kappa shape index (κ3) is 2.45. The molecule has 0 fully saturated rings. The molecule has 0 atom stereocenters. The quantitative estimate of drug-likeness (QED) is 0.691. The average molecular weight is 318 g/mol. The van der Waals surface area contributed by atoms with Crippen LogP contribution in [0, 0.1) is 0 Å². The van der Waals surface area contributed by atoms with E-state index in [1.54, 1.807) is 37.4 Å². The summed E-state index contributed by atoms with van der Waals surface area (Å²) in [7, 11) is 5.51. The van der Waals surface area contributed by atoms with Gasteiger partial charge in [0, 0.05) is 17.6 Å². The average Bonchev–Trinajstić information content (AvgIpc) is 2.47. The van der Waals surface area contributed by atoms with Gasteiger partial charge in [0.2, 0.25) is 5.43 Å². The molecule has 5 heteroatoms. The largest absolute Gasteiger partial charge is 0.496 e. The molecule has 3 rings (SSSR count). The Morgan fingerprint density at radius 2 is 1.91 bits per heavy atom. The van der Waals surface area contributed by atoms with Gasteiger partial charge in [-0.05, 0) is 38.4 Å². The predicted octanol–water partition coefficient (Wildman–Crippen LogP) is 3.67. The minimum Gasteiger partial charge on any atom is -0.496 e. The molecule has 3 aromatic rings. The molecule has 22 heavy (non-hydrogen) atoms. The fourth-order valence-corrected chi connectivity index (χ4v) is 2.75. The molecule has 1 heterocycles. The van der Waals surface area contributed by atoms with Gasteiger partial charge in [-0.1, -0.05) is 11.6 Å². The van der Waals surface area contributed by atoms with E-state index in [9.17, 15) is 4.79 Å². The maximum atomic E-state index is 12.7. The van der Waals surface area contributed by atoms with Gasteiger partial charge in [0.1, 0.15) is 16.9 Å². The molecule has 0 saturated carbocycles. The van der Waals surface area contributed by atoms with Crippen LogP contribution in [0.1, 0.15) is 5.56 Å². The van der Waals surface area contributed by atoms with Crippen LogP contribution in [-0.2, 0) is 6.54 Å². The fraction of sp³-hybridized carbons (Fsp3) is 0.235. The lowest BCUT2D eigenvalue weighted by molar-refractivity contribution is 0.371. The predicted molar refractivity (Wildman–Crippen MR) is 88.9 cm³/mol. The molecule has 0 radical (unpaired) electrons. The third-order valence-electron chi connectivity index (χ3n) is 3.56. The Bertz CT molecular complexity index is 915. The zero-order valence-corrected chi connectivity index (χ0v) is 13.4. The van der Waals surface area contributed by atoms with Crippen LogP contribution in [0.15, 0.2) is 39.5 Å². The highest BCUT2D eigenvalue weighted by Crippen LogP contribution is 2.30. The van der Waals surface area contributed by atoms with Crippen molar-refractivity contribution in [2.75, 3.05) is 21.2 Å². The second kappa shape index (κ2) is 5.63. The van der Waals surface area contributed by atoms with Crippen LogP contribution < -0.4 is 10.2 Å². The second-order valence-electron chi connectivity index (χ2n) is 5.43. The van der Waals surface area contributed by atoms with Crippen molar-refractivity contribution in [3.05, 3.63) is 51.1 Å². The molecule has 1 aromatic heterocycles. The van der Waals surface area contributed by atoms with E-state index in [1.807, 2.05) is 19.0 Å². The molecule has 0 spiro atoms. The van der Waals surface area contributed by atoms with Crippen LogP contribution in [-0.4, -0.2) is 26.1 Å². The zero-order chi connectivity index (χ0) is 15.9. The topological polar surface area (TPSA) is 42.7 Å². The van der Waals surface area contributed by atoms with Crippen molar-refractivity contribution >= 4 is 33.5 Å². The first-order valence-electron chi connectivity index (χ1n) is 6.88. The Hall–Kier alpha value is -2.04. The number of halogens is 1. The molecule has 0 unspecified atom stereocenters. The molecule has 0 aliphatic heterocycles. The summed E-state index contributed by atoms with van der Waals surface area (Å²) in [5.41, 5.74) is 1.82. The maximum Gasteiger partial charge on any atom is 0.200 e. The highest BCUT2D eigenvalue weighted by atomic mass is 35.5. The SMILES string of the molecule is COc1ccc2c(=O)c3ccc(Cl)cc3oc2c1CN(C)C. The monoisotopic (exact) mass is 317 g/mol. The summed E-state index contributed by atoms with van der Waals surface area (Å²) in [6.07, 6.45) is 0. The number of ether oxygens (including phenoxy) is 1. The molecular formula is C17H16ClNO3. The summed E-state index contributed by atoms with van der Waals surface area (Å²) in [6, 6.07) is 8.60. The van der Waals surface area contributed by atoms with E-state index >= 15 is 0 Å². The Morgan fingerprint density at radius 1 is 1.18 bits per heavy atom. The first-order valence-corrected chi connectivity index (χ1v) is 7.25. The van der Waals surface area contributed by atoms with Crippen LogP contribution in [0.2, 0.25) is 5.02 Å². The zero-order valence-electron chi connectivity index (χ0n) is 12.6. The van der Waals surface area contributed by atoms with Gasteiger partial charge in [0.25, 0.3) is 0 Å². The second-order valence-corrected chi connectivity index (χ2v) is 5.87. The number of hydrogen-bond acceptors (Lipinski definition) is 4. The molecule has 0 saturated heterocycles. The number of fused-ring (bicyclic) bond motifs is 2. The number of rotatable bonds is 3. The smallest absolute Gasteiger partial charge is 0.200 e. The van der Waals surface area contributed by atoms with Crippen molar-refractivity contribution in [2.45, 2.75) is 6.54 Å². The van der Waals surface area contributed by atoms with Gasteiger partial charge in [-0.25, -0.2) is 0 Å². The van der Waals surface area contributed by atoms with Crippen molar-refractivity contribution in [2.24, 2.45) is 0 Å². The summed E-state index contributed by atoms with van der Waals surface area (Å²) in [5, 5.41) is 1.61. The van der Waals surface area contributed by atoms with E-state index in [1.165, 1.54) is 0 Å². The normalized spacial score (nSPS) is 11.5. The van der Waals surface area contributed by atoms with Crippen LogP contribution in [0.5, 0.6) is 5.75 Å². The molecule has 0 aliphatic rings. The Labute approximate surface area is 132 Å². The molecular weight excluding hydrogens is 302 g/mol. The number of hydrogen-bond donors (Lipinski definition) is 0. The summed E-state index contributed by atoms with van der Waals surface area (Å²) in [4.78, 5) is 14.7. The Kier molecular flexibility index (Phi) is 3.81. The van der Waals surface area contributed by atoms with E-state index in [0.717, 1.165) is 5.56 Å². The van der Waals surface area contributed by atoms with E-state index in [-0.39, 0.29) is 5.43 Å². The first kappa shape index (κ1) is 14.9. The van der Waals surface area contributed by atoms with Crippen molar-refractivity contribution in [3.8, 4) is 5.75 Å². The highest BCUT2D eigenvalue weighted by molar-refractivity contribution is 6.31. The molecule has 0 N–H and O–H groups in total. The maximum absolute atomic E-state index is 12.7. The van der Waals surface area contributed by atoms with Gasteiger partial charge in [-0.2, -0.15) is 0 Å². The molecule has 0 amide bonds. The minimum atomic E-state index is -0.0597. The number of methoxy groups -OCH3 is 1. The van der Waals surface area contributed by atoms with Crippen molar-refractivity contribution in [1.82, 2.24) is 4.90 Å². The third-order valence-corrected chi connectivity index (χ3v) is 3.79. The van der Waals surface area contributed by atoms with Gasteiger partial charge in [0.15, 0.2) is 0 Å². The molecule has 114 valence electrons. The van der Waals surface area contributed by atoms with Crippen molar-refractivity contribution in [1.29, 1.82) is 0 Å². The summed E-state index contributed by atoms with van der Waals surface area (Å²) < 4.78 is 11.4. The molecule has 2 aromatic carbocycles. The van der Waals surface area contributed by atoms with Gasteiger partial charge >= 0.3 is 0 Å². The fourth-order valence-electron chi connectivity index (χ4n) is 2.59. The summed E-state index contributed by atoms with van der Waals surface area (Å²) in [5.74, 6) is 0.700. The lowest BCUT2D eigenvalue weighted by Gasteiger charge is -2.15. The van der Waals surface area contributed by atoms with Crippen LogP contribution in [0.3, 0.4) is 0 Å². The lowest BCUT2D eigenvalue weighted by atomic mass is 10.1. The van der Waals surface area contributed by atoms with Gasteiger partial charge < -0.3 is 14.1 Å². The van der Waals surface area contributed by atoms with Gasteiger partial charge in [0.05, 0.1) is 23.4 Å². The van der Waals surface area contributed by atoms with Gasteiger partial charge in [-0.3, -0.25) is 4.79 Å². The van der Waals surface area contributed by atoms with Crippen LogP contribution in [0.4, 0.5) is 0 Å². The Balaban J connectivity index is 2.44. The first-order chi connectivity index (χ1) is 10.5. The summed E-state index contributed by atoms with van der Waals surface area (Å²) >= 11 is 6.01. The van der Waals surface area contributed by atoms with Crippen LogP contribution in [0.25, 0.3) is 21.9 Å². The molecule has 0 bridgehead atoms. The van der Waals surface area contributed by atoms with E-state index in [2.05, 4.69) is 0 Å². The van der Waals surface area contributed by atoms with E-state index in [0.29, 0.717) is 39.3 Å². The van der Waals surface area contributed by atoms with E-state index in [4.69, 9.17) is 20.8 Å².